The molecule has 22 heavy (non-hydrogen) atoms. The van der Waals surface area contributed by atoms with E-state index in [4.69, 9.17) is 0 Å². The first-order chi connectivity index (χ1) is 10.4. The lowest BCUT2D eigenvalue weighted by Gasteiger charge is -2.22. The molecule has 116 valence electrons. The van der Waals surface area contributed by atoms with Crippen molar-refractivity contribution in [2.45, 2.75) is 17.9 Å². The standard InChI is InChI=1S/C13H13N3O4S2/c1-8(11(17)15-13-14-6-7-21-13)16-12(18)9-4-2-3-5-10(9)22(16,19)20/h2-5,8H,6-7H2,1H3,(H,14,15,17)/t8-/m0/s1. The molecule has 1 aromatic rings. The van der Waals surface area contributed by atoms with Gasteiger partial charge in [-0.2, -0.15) is 0 Å². The fourth-order valence-corrected chi connectivity index (χ4v) is 4.77. The van der Waals surface area contributed by atoms with Crippen LogP contribution in [-0.2, 0) is 14.8 Å². The topological polar surface area (TPSA) is 95.9 Å². The second-order valence-electron chi connectivity index (χ2n) is 4.80. The lowest BCUT2D eigenvalue weighted by Crippen LogP contribution is -2.48. The molecule has 0 spiro atoms. The summed E-state index contributed by atoms with van der Waals surface area (Å²) in [7, 11) is -4.00. The number of hydrogen-bond acceptors (Lipinski definition) is 6. The summed E-state index contributed by atoms with van der Waals surface area (Å²) in [5, 5.41) is 3.01. The van der Waals surface area contributed by atoms with Gasteiger partial charge in [-0.3, -0.25) is 14.6 Å². The van der Waals surface area contributed by atoms with Crippen molar-refractivity contribution in [3.8, 4) is 0 Å². The maximum Gasteiger partial charge on any atom is 0.269 e. The molecule has 3 rings (SSSR count). The summed E-state index contributed by atoms with van der Waals surface area (Å²) >= 11 is 1.38. The van der Waals surface area contributed by atoms with E-state index in [-0.39, 0.29) is 10.5 Å². The second-order valence-corrected chi connectivity index (χ2v) is 7.67. The zero-order valence-electron chi connectivity index (χ0n) is 11.6. The summed E-state index contributed by atoms with van der Waals surface area (Å²) in [5.74, 6) is -0.478. The Labute approximate surface area is 131 Å². The van der Waals surface area contributed by atoms with Crippen LogP contribution in [0.1, 0.15) is 17.3 Å². The number of thioether (sulfide) groups is 1. The number of aliphatic imine (C=N–C) groups is 1. The van der Waals surface area contributed by atoms with Gasteiger partial charge in [0.05, 0.1) is 12.1 Å². The lowest BCUT2D eigenvalue weighted by molar-refractivity contribution is -0.122. The van der Waals surface area contributed by atoms with E-state index in [0.717, 1.165) is 5.75 Å². The number of nitrogens with one attached hydrogen (secondary N) is 1. The number of benzene rings is 1. The lowest BCUT2D eigenvalue weighted by atomic mass is 10.2. The number of sulfonamides is 1. The summed E-state index contributed by atoms with van der Waals surface area (Å²) in [6.45, 7) is 2.00. The minimum Gasteiger partial charge on any atom is -0.304 e. The van der Waals surface area contributed by atoms with Crippen LogP contribution in [0.5, 0.6) is 0 Å². The van der Waals surface area contributed by atoms with Crippen LogP contribution >= 0.6 is 11.8 Å². The highest BCUT2D eigenvalue weighted by Gasteiger charge is 2.45. The Morgan fingerprint density at radius 2 is 2.14 bits per heavy atom. The third kappa shape index (κ3) is 2.30. The molecule has 0 aromatic heterocycles. The van der Waals surface area contributed by atoms with Crippen molar-refractivity contribution >= 4 is 38.8 Å². The van der Waals surface area contributed by atoms with E-state index in [2.05, 4.69) is 10.3 Å². The van der Waals surface area contributed by atoms with Crippen LogP contribution in [0.2, 0.25) is 0 Å². The number of hydrogen-bond donors (Lipinski definition) is 1. The first-order valence-corrected chi connectivity index (χ1v) is 9.01. The molecule has 0 radical (unpaired) electrons. The number of amides is 2. The highest BCUT2D eigenvalue weighted by Crippen LogP contribution is 2.31. The maximum absolute atomic E-state index is 12.5. The molecule has 9 heteroatoms. The number of amidine groups is 1. The predicted molar refractivity (Wildman–Crippen MR) is 82.2 cm³/mol. The summed E-state index contributed by atoms with van der Waals surface area (Å²) in [4.78, 5) is 28.5. The molecule has 0 aliphatic carbocycles. The van der Waals surface area contributed by atoms with Crippen molar-refractivity contribution in [3.63, 3.8) is 0 Å². The van der Waals surface area contributed by atoms with Crippen LogP contribution in [0.25, 0.3) is 0 Å². The van der Waals surface area contributed by atoms with Gasteiger partial charge >= 0.3 is 0 Å². The Kier molecular flexibility index (Phi) is 3.69. The summed E-state index contributed by atoms with van der Waals surface area (Å²) in [5.41, 5.74) is 0.0923. The summed E-state index contributed by atoms with van der Waals surface area (Å²) in [6, 6.07) is 4.79. The van der Waals surface area contributed by atoms with E-state index in [9.17, 15) is 18.0 Å². The smallest absolute Gasteiger partial charge is 0.269 e. The minimum absolute atomic E-state index is 0.0627. The average molecular weight is 339 g/mol. The van der Waals surface area contributed by atoms with Crippen LogP contribution in [-0.4, -0.2) is 48.0 Å². The van der Waals surface area contributed by atoms with Gasteiger partial charge in [-0.25, -0.2) is 12.7 Å². The second kappa shape index (κ2) is 5.40. The Balaban J connectivity index is 1.89. The van der Waals surface area contributed by atoms with Crippen molar-refractivity contribution < 1.29 is 18.0 Å². The zero-order chi connectivity index (χ0) is 15.9. The van der Waals surface area contributed by atoms with Crippen molar-refractivity contribution in [2.75, 3.05) is 12.3 Å². The predicted octanol–water partition coefficient (Wildman–Crippen LogP) is 0.439. The van der Waals surface area contributed by atoms with Crippen LogP contribution < -0.4 is 5.32 Å². The number of carbonyl (C=O) groups is 2. The van der Waals surface area contributed by atoms with E-state index in [0.29, 0.717) is 16.0 Å². The van der Waals surface area contributed by atoms with Gasteiger partial charge in [0.15, 0.2) is 5.17 Å². The minimum atomic E-state index is -4.00. The van der Waals surface area contributed by atoms with Gasteiger partial charge < -0.3 is 5.32 Å². The van der Waals surface area contributed by atoms with Gasteiger partial charge in [-0.1, -0.05) is 23.9 Å². The third-order valence-corrected chi connectivity index (χ3v) is 6.20. The Bertz CT molecular complexity index is 788. The highest BCUT2D eigenvalue weighted by molar-refractivity contribution is 8.14. The molecule has 0 saturated heterocycles. The SMILES string of the molecule is C[C@@H](C(=O)NC1=NCCS1)N1C(=O)c2ccccc2S1(=O)=O. The van der Waals surface area contributed by atoms with Crippen molar-refractivity contribution in [1.82, 2.24) is 9.62 Å². The van der Waals surface area contributed by atoms with E-state index in [1.54, 1.807) is 12.1 Å². The van der Waals surface area contributed by atoms with Crippen LogP contribution in [0.3, 0.4) is 0 Å². The third-order valence-electron chi connectivity index (χ3n) is 3.40. The number of nitrogens with zero attached hydrogens (tertiary/aromatic N) is 2. The Morgan fingerprint density at radius 1 is 1.41 bits per heavy atom. The summed E-state index contributed by atoms with van der Waals surface area (Å²) < 4.78 is 25.6. The maximum atomic E-state index is 12.5. The Hall–Kier alpha value is -1.87. The van der Waals surface area contributed by atoms with Crippen LogP contribution in [0.15, 0.2) is 34.2 Å². The molecule has 0 unspecified atom stereocenters. The fraction of sp³-hybridized carbons (Fsp3) is 0.308. The molecule has 0 saturated carbocycles. The average Bonchev–Trinajstić information content (AvgIpc) is 3.05. The molecular formula is C13H13N3O4S2. The van der Waals surface area contributed by atoms with Gasteiger partial charge in [0, 0.05) is 5.75 Å². The highest BCUT2D eigenvalue weighted by atomic mass is 32.2. The van der Waals surface area contributed by atoms with Crippen molar-refractivity contribution in [1.29, 1.82) is 0 Å². The molecule has 7 nitrogen and oxygen atoms in total. The summed E-state index contributed by atoms with van der Waals surface area (Å²) in [6.07, 6.45) is 0. The van der Waals surface area contributed by atoms with Crippen molar-refractivity contribution in [2.24, 2.45) is 4.99 Å². The number of fused-ring (bicyclic) bond motifs is 1. The van der Waals surface area contributed by atoms with E-state index in [1.807, 2.05) is 0 Å². The van der Waals surface area contributed by atoms with Crippen LogP contribution in [0, 0.1) is 0 Å². The van der Waals surface area contributed by atoms with E-state index < -0.39 is 27.9 Å². The number of rotatable bonds is 2. The zero-order valence-corrected chi connectivity index (χ0v) is 13.3. The van der Waals surface area contributed by atoms with Gasteiger partial charge in [-0.15, -0.1) is 0 Å². The fourth-order valence-electron chi connectivity index (χ4n) is 2.31. The molecule has 0 fully saturated rings. The normalized spacial score (nSPS) is 20.5. The first kappa shape index (κ1) is 15.0. The Morgan fingerprint density at radius 3 is 2.77 bits per heavy atom. The van der Waals surface area contributed by atoms with E-state index >= 15 is 0 Å². The van der Waals surface area contributed by atoms with Crippen molar-refractivity contribution in [3.05, 3.63) is 29.8 Å². The largest absolute Gasteiger partial charge is 0.304 e. The molecule has 1 atom stereocenters. The van der Waals surface area contributed by atoms with Crippen LogP contribution in [0.4, 0.5) is 0 Å². The van der Waals surface area contributed by atoms with Gasteiger partial charge in [-0.05, 0) is 19.1 Å². The van der Waals surface area contributed by atoms with Gasteiger partial charge in [0.2, 0.25) is 5.91 Å². The monoisotopic (exact) mass is 339 g/mol. The molecule has 0 bridgehead atoms. The molecule has 2 aliphatic rings. The van der Waals surface area contributed by atoms with Gasteiger partial charge in [0.25, 0.3) is 15.9 Å². The number of carbonyl (C=O) groups excluding carboxylic acids is 2. The molecule has 1 N–H and O–H groups in total. The van der Waals surface area contributed by atoms with Gasteiger partial charge in [0.1, 0.15) is 10.9 Å². The molecular weight excluding hydrogens is 326 g/mol. The molecule has 2 aliphatic heterocycles. The molecule has 2 heterocycles. The van der Waals surface area contributed by atoms with E-state index in [1.165, 1.54) is 30.8 Å². The quantitative estimate of drug-likeness (QED) is 0.843. The molecule has 1 aromatic carbocycles. The molecule has 2 amide bonds. The first-order valence-electron chi connectivity index (χ1n) is 6.59.